The third-order valence-corrected chi connectivity index (χ3v) is 2.64. The molecule has 5 heteroatoms. The molecule has 114 valence electrons. The molecule has 0 unspecified atom stereocenters. The number of hydrogen-bond donors (Lipinski definition) is 1. The standard InChI is InChI=1S/C15H25NO4/c1-17-6-3-7-18-8-9-19-10-11-20-15-5-2-4-14(12-15)13-16/h2,4-5,12H,3,6-11,13,16H2,1H3. The molecule has 0 aliphatic rings. The zero-order valence-electron chi connectivity index (χ0n) is 12.2. The highest BCUT2D eigenvalue weighted by Gasteiger charge is 1.96. The molecule has 2 N–H and O–H groups in total. The Balaban J connectivity index is 1.94. The van der Waals surface area contributed by atoms with Crippen molar-refractivity contribution >= 4 is 0 Å². The molecule has 0 saturated carbocycles. The minimum Gasteiger partial charge on any atom is -0.491 e. The van der Waals surface area contributed by atoms with Crippen LogP contribution >= 0.6 is 0 Å². The Labute approximate surface area is 121 Å². The predicted octanol–water partition coefficient (Wildman–Crippen LogP) is 1.59. The van der Waals surface area contributed by atoms with Crippen molar-refractivity contribution in [2.75, 3.05) is 46.8 Å². The number of ether oxygens (including phenoxy) is 4. The van der Waals surface area contributed by atoms with Gasteiger partial charge in [-0.1, -0.05) is 12.1 Å². The minimum absolute atomic E-state index is 0.522. The van der Waals surface area contributed by atoms with Gasteiger partial charge in [-0.2, -0.15) is 0 Å². The second-order valence-electron chi connectivity index (χ2n) is 4.27. The van der Waals surface area contributed by atoms with Crippen molar-refractivity contribution in [2.45, 2.75) is 13.0 Å². The molecule has 1 rings (SSSR count). The van der Waals surface area contributed by atoms with Gasteiger partial charge in [-0.05, 0) is 24.1 Å². The zero-order valence-corrected chi connectivity index (χ0v) is 12.2. The molecule has 1 aromatic rings. The van der Waals surface area contributed by atoms with Crippen molar-refractivity contribution in [1.29, 1.82) is 0 Å². The molecule has 0 atom stereocenters. The van der Waals surface area contributed by atoms with E-state index in [9.17, 15) is 0 Å². The van der Waals surface area contributed by atoms with Crippen LogP contribution in [0.4, 0.5) is 0 Å². The van der Waals surface area contributed by atoms with Crippen molar-refractivity contribution in [2.24, 2.45) is 5.73 Å². The van der Waals surface area contributed by atoms with E-state index in [4.69, 9.17) is 24.7 Å². The van der Waals surface area contributed by atoms with Gasteiger partial charge in [-0.25, -0.2) is 0 Å². The largest absolute Gasteiger partial charge is 0.491 e. The number of benzene rings is 1. The maximum atomic E-state index is 5.57. The van der Waals surface area contributed by atoms with Crippen LogP contribution in [0, 0.1) is 0 Å². The predicted molar refractivity (Wildman–Crippen MR) is 78.0 cm³/mol. The summed E-state index contributed by atoms with van der Waals surface area (Å²) in [5.41, 5.74) is 6.63. The summed E-state index contributed by atoms with van der Waals surface area (Å²) in [6.07, 6.45) is 0.914. The zero-order chi connectivity index (χ0) is 14.5. The summed E-state index contributed by atoms with van der Waals surface area (Å²) in [6, 6.07) is 7.77. The Morgan fingerprint density at radius 1 is 0.950 bits per heavy atom. The molecule has 0 bridgehead atoms. The summed E-state index contributed by atoms with van der Waals surface area (Å²) in [4.78, 5) is 0. The Kier molecular flexibility index (Phi) is 9.87. The number of nitrogens with two attached hydrogens (primary N) is 1. The molecule has 1 aromatic carbocycles. The lowest BCUT2D eigenvalue weighted by atomic mass is 10.2. The third-order valence-electron chi connectivity index (χ3n) is 2.64. The number of rotatable bonds is 12. The summed E-state index contributed by atoms with van der Waals surface area (Å²) in [5.74, 6) is 0.826. The summed E-state index contributed by atoms with van der Waals surface area (Å²) < 4.78 is 21.3. The smallest absolute Gasteiger partial charge is 0.119 e. The molecular formula is C15H25NO4. The molecule has 20 heavy (non-hydrogen) atoms. The number of hydrogen-bond acceptors (Lipinski definition) is 5. The van der Waals surface area contributed by atoms with Crippen molar-refractivity contribution in [3.05, 3.63) is 29.8 Å². The fourth-order valence-electron chi connectivity index (χ4n) is 1.61. The second kappa shape index (κ2) is 11.7. The molecule has 0 saturated heterocycles. The van der Waals surface area contributed by atoms with E-state index in [2.05, 4.69) is 0 Å². The van der Waals surface area contributed by atoms with Crippen LogP contribution in [-0.2, 0) is 20.8 Å². The molecule has 0 radical (unpaired) electrons. The van der Waals surface area contributed by atoms with Gasteiger partial charge in [0.15, 0.2) is 0 Å². The summed E-state index contributed by atoms with van der Waals surface area (Å²) in [6.45, 7) is 4.22. The molecule has 0 amide bonds. The van der Waals surface area contributed by atoms with Crippen LogP contribution in [0.25, 0.3) is 0 Å². The highest BCUT2D eigenvalue weighted by molar-refractivity contribution is 5.28. The van der Waals surface area contributed by atoms with Crippen molar-refractivity contribution in [3.8, 4) is 5.75 Å². The van der Waals surface area contributed by atoms with Crippen LogP contribution in [-0.4, -0.2) is 46.8 Å². The second-order valence-corrected chi connectivity index (χ2v) is 4.27. The first-order chi connectivity index (χ1) is 9.86. The lowest BCUT2D eigenvalue weighted by molar-refractivity contribution is 0.0304. The van der Waals surface area contributed by atoms with Crippen LogP contribution in [0.5, 0.6) is 5.75 Å². The van der Waals surface area contributed by atoms with Crippen molar-refractivity contribution in [1.82, 2.24) is 0 Å². The maximum absolute atomic E-state index is 5.57. The van der Waals surface area contributed by atoms with Crippen LogP contribution in [0.3, 0.4) is 0 Å². The Morgan fingerprint density at radius 2 is 1.70 bits per heavy atom. The Bertz CT molecular complexity index is 346. The summed E-state index contributed by atoms with van der Waals surface area (Å²) in [7, 11) is 1.69. The summed E-state index contributed by atoms with van der Waals surface area (Å²) >= 11 is 0. The average molecular weight is 283 g/mol. The van der Waals surface area contributed by atoms with Gasteiger partial charge < -0.3 is 24.7 Å². The van der Waals surface area contributed by atoms with E-state index in [0.29, 0.717) is 39.6 Å². The molecule has 0 aliphatic heterocycles. The Morgan fingerprint density at radius 3 is 2.45 bits per heavy atom. The van der Waals surface area contributed by atoms with E-state index < -0.39 is 0 Å². The summed E-state index contributed by atoms with van der Waals surface area (Å²) in [5, 5.41) is 0. The topological polar surface area (TPSA) is 62.9 Å². The van der Waals surface area contributed by atoms with E-state index >= 15 is 0 Å². The molecule has 0 heterocycles. The first kappa shape index (κ1) is 16.9. The normalized spacial score (nSPS) is 10.7. The minimum atomic E-state index is 0.522. The highest BCUT2D eigenvalue weighted by atomic mass is 16.5. The SMILES string of the molecule is COCCCOCCOCCOc1cccc(CN)c1. The van der Waals surface area contributed by atoms with Crippen LogP contribution in [0.2, 0.25) is 0 Å². The van der Waals surface area contributed by atoms with Gasteiger partial charge in [0.05, 0.1) is 19.8 Å². The van der Waals surface area contributed by atoms with E-state index in [1.54, 1.807) is 7.11 Å². The molecule has 0 aromatic heterocycles. The van der Waals surface area contributed by atoms with Crippen molar-refractivity contribution < 1.29 is 18.9 Å². The van der Waals surface area contributed by atoms with E-state index in [-0.39, 0.29) is 0 Å². The van der Waals surface area contributed by atoms with Crippen LogP contribution < -0.4 is 10.5 Å². The lowest BCUT2D eigenvalue weighted by Gasteiger charge is -2.08. The van der Waals surface area contributed by atoms with Gasteiger partial charge in [0, 0.05) is 26.9 Å². The lowest BCUT2D eigenvalue weighted by Crippen LogP contribution is -2.11. The number of methoxy groups -OCH3 is 1. The molecule has 0 fully saturated rings. The Hall–Kier alpha value is -1.14. The van der Waals surface area contributed by atoms with Gasteiger partial charge in [-0.3, -0.25) is 0 Å². The maximum Gasteiger partial charge on any atom is 0.119 e. The van der Waals surface area contributed by atoms with Gasteiger partial charge in [0.2, 0.25) is 0 Å². The molecule has 5 nitrogen and oxygen atoms in total. The van der Waals surface area contributed by atoms with Crippen molar-refractivity contribution in [3.63, 3.8) is 0 Å². The van der Waals surface area contributed by atoms with Gasteiger partial charge in [-0.15, -0.1) is 0 Å². The first-order valence-corrected chi connectivity index (χ1v) is 6.93. The van der Waals surface area contributed by atoms with E-state index in [1.807, 2.05) is 24.3 Å². The van der Waals surface area contributed by atoms with E-state index in [0.717, 1.165) is 24.3 Å². The fraction of sp³-hybridized carbons (Fsp3) is 0.600. The average Bonchev–Trinajstić information content (AvgIpc) is 2.49. The van der Waals surface area contributed by atoms with E-state index in [1.165, 1.54) is 0 Å². The highest BCUT2D eigenvalue weighted by Crippen LogP contribution is 2.12. The fourth-order valence-corrected chi connectivity index (χ4v) is 1.61. The van der Waals surface area contributed by atoms with Gasteiger partial charge >= 0.3 is 0 Å². The van der Waals surface area contributed by atoms with Gasteiger partial charge in [0.25, 0.3) is 0 Å². The first-order valence-electron chi connectivity index (χ1n) is 6.93. The molecule has 0 spiro atoms. The van der Waals surface area contributed by atoms with Crippen LogP contribution in [0.1, 0.15) is 12.0 Å². The molecular weight excluding hydrogens is 258 g/mol. The third kappa shape index (κ3) is 8.12. The van der Waals surface area contributed by atoms with Crippen LogP contribution in [0.15, 0.2) is 24.3 Å². The monoisotopic (exact) mass is 283 g/mol. The quantitative estimate of drug-likeness (QED) is 0.590. The molecule has 0 aliphatic carbocycles. The van der Waals surface area contributed by atoms with Gasteiger partial charge in [0.1, 0.15) is 12.4 Å².